The van der Waals surface area contributed by atoms with Crippen LogP contribution in [0.25, 0.3) is 0 Å². The molecule has 0 heterocycles. The minimum absolute atomic E-state index is 0.259. The maximum absolute atomic E-state index is 9.84. The van der Waals surface area contributed by atoms with Crippen molar-refractivity contribution in [3.05, 3.63) is 35.4 Å². The molecule has 0 aromatic heterocycles. The summed E-state index contributed by atoms with van der Waals surface area (Å²) in [6, 6.07) is 8.10. The lowest BCUT2D eigenvalue weighted by Crippen LogP contribution is -2.05. The minimum Gasteiger partial charge on any atom is -0.388 e. The normalized spacial score (nSPS) is 13.1. The quantitative estimate of drug-likeness (QED) is 0.806. The molecule has 0 saturated carbocycles. The van der Waals surface area contributed by atoms with E-state index in [2.05, 4.69) is 12.1 Å². The van der Waals surface area contributed by atoms with Crippen molar-refractivity contribution in [2.45, 2.75) is 26.4 Å². The first-order valence-electron chi connectivity index (χ1n) is 5.41. The third kappa shape index (κ3) is 3.65. The van der Waals surface area contributed by atoms with Gasteiger partial charge in [-0.15, -0.1) is 0 Å². The Hall–Kier alpha value is -0.860. The predicted molar refractivity (Wildman–Crippen MR) is 61.8 cm³/mol. The van der Waals surface area contributed by atoms with Crippen molar-refractivity contribution in [2.24, 2.45) is 5.92 Å². The molecule has 15 heavy (non-hydrogen) atoms. The van der Waals surface area contributed by atoms with Crippen LogP contribution in [-0.4, -0.2) is 18.8 Å². The lowest BCUT2D eigenvalue weighted by atomic mass is 9.98. The molecule has 1 aromatic rings. The fourth-order valence-corrected chi connectivity index (χ4v) is 1.49. The number of aliphatic hydroxyl groups is 1. The van der Waals surface area contributed by atoms with Crippen molar-refractivity contribution < 1.29 is 9.84 Å². The number of hydrogen-bond acceptors (Lipinski definition) is 2. The molecule has 0 aliphatic rings. The van der Waals surface area contributed by atoms with E-state index >= 15 is 0 Å². The SMILES string of the molecule is COCCc1ccc(C(O)C(C)C)cc1. The summed E-state index contributed by atoms with van der Waals surface area (Å²) in [7, 11) is 1.71. The molecule has 84 valence electrons. The van der Waals surface area contributed by atoms with E-state index in [4.69, 9.17) is 4.74 Å². The van der Waals surface area contributed by atoms with E-state index in [0.717, 1.165) is 18.6 Å². The standard InChI is InChI=1S/C13H20O2/c1-10(2)13(14)12-6-4-11(5-7-12)8-9-15-3/h4-7,10,13-14H,8-9H2,1-3H3. The summed E-state index contributed by atoms with van der Waals surface area (Å²) < 4.78 is 5.01. The molecule has 1 rings (SSSR count). The summed E-state index contributed by atoms with van der Waals surface area (Å²) in [6.07, 6.45) is 0.565. The fraction of sp³-hybridized carbons (Fsp3) is 0.538. The summed E-state index contributed by atoms with van der Waals surface area (Å²) in [4.78, 5) is 0. The molecule has 0 bridgehead atoms. The van der Waals surface area contributed by atoms with E-state index in [-0.39, 0.29) is 12.0 Å². The van der Waals surface area contributed by atoms with Crippen molar-refractivity contribution in [3.63, 3.8) is 0 Å². The zero-order valence-electron chi connectivity index (χ0n) is 9.73. The van der Waals surface area contributed by atoms with Gasteiger partial charge in [0.15, 0.2) is 0 Å². The lowest BCUT2D eigenvalue weighted by Gasteiger charge is -2.15. The first-order chi connectivity index (χ1) is 7.15. The van der Waals surface area contributed by atoms with E-state index < -0.39 is 0 Å². The maximum atomic E-state index is 9.84. The van der Waals surface area contributed by atoms with Crippen LogP contribution in [0.15, 0.2) is 24.3 Å². The van der Waals surface area contributed by atoms with E-state index in [9.17, 15) is 5.11 Å². The van der Waals surface area contributed by atoms with Gasteiger partial charge in [-0.25, -0.2) is 0 Å². The van der Waals surface area contributed by atoms with Crippen LogP contribution in [0.3, 0.4) is 0 Å². The van der Waals surface area contributed by atoms with E-state index in [1.165, 1.54) is 5.56 Å². The molecule has 0 amide bonds. The van der Waals surface area contributed by atoms with E-state index in [0.29, 0.717) is 0 Å². The van der Waals surface area contributed by atoms with Gasteiger partial charge in [-0.05, 0) is 23.5 Å². The number of methoxy groups -OCH3 is 1. The number of ether oxygens (including phenoxy) is 1. The Bertz CT molecular complexity index is 277. The second-order valence-electron chi connectivity index (χ2n) is 4.17. The highest BCUT2D eigenvalue weighted by atomic mass is 16.5. The monoisotopic (exact) mass is 208 g/mol. The number of aliphatic hydroxyl groups excluding tert-OH is 1. The summed E-state index contributed by atoms with van der Waals surface area (Å²) in [5.41, 5.74) is 2.24. The molecule has 2 nitrogen and oxygen atoms in total. The van der Waals surface area contributed by atoms with Crippen molar-refractivity contribution >= 4 is 0 Å². The van der Waals surface area contributed by atoms with Crippen LogP contribution in [0, 0.1) is 5.92 Å². The van der Waals surface area contributed by atoms with Gasteiger partial charge in [0.1, 0.15) is 0 Å². The molecule has 0 saturated heterocycles. The van der Waals surface area contributed by atoms with Gasteiger partial charge in [-0.1, -0.05) is 38.1 Å². The van der Waals surface area contributed by atoms with Crippen molar-refractivity contribution in [1.82, 2.24) is 0 Å². The fourth-order valence-electron chi connectivity index (χ4n) is 1.49. The molecule has 0 fully saturated rings. The Kier molecular flexibility index (Phi) is 4.79. The van der Waals surface area contributed by atoms with Gasteiger partial charge in [-0.2, -0.15) is 0 Å². The summed E-state index contributed by atoms with van der Waals surface area (Å²) in [5.74, 6) is 0.259. The maximum Gasteiger partial charge on any atom is 0.0812 e. The molecular formula is C13H20O2. The molecule has 2 heteroatoms. The van der Waals surface area contributed by atoms with Gasteiger partial charge < -0.3 is 9.84 Å². The summed E-state index contributed by atoms with van der Waals surface area (Å²) >= 11 is 0. The Morgan fingerprint density at radius 3 is 2.27 bits per heavy atom. The topological polar surface area (TPSA) is 29.5 Å². The summed E-state index contributed by atoms with van der Waals surface area (Å²) in [5, 5.41) is 9.84. The van der Waals surface area contributed by atoms with Crippen LogP contribution in [0.5, 0.6) is 0 Å². The zero-order valence-corrected chi connectivity index (χ0v) is 9.73. The van der Waals surface area contributed by atoms with Gasteiger partial charge in [-0.3, -0.25) is 0 Å². The lowest BCUT2D eigenvalue weighted by molar-refractivity contribution is 0.127. The van der Waals surface area contributed by atoms with Crippen molar-refractivity contribution in [1.29, 1.82) is 0 Å². The number of hydrogen-bond donors (Lipinski definition) is 1. The molecule has 1 N–H and O–H groups in total. The molecule has 0 radical (unpaired) electrons. The highest BCUT2D eigenvalue weighted by Gasteiger charge is 2.11. The van der Waals surface area contributed by atoms with Crippen LogP contribution < -0.4 is 0 Å². The average Bonchev–Trinajstić information content (AvgIpc) is 2.26. The number of benzene rings is 1. The summed E-state index contributed by atoms with van der Waals surface area (Å²) in [6.45, 7) is 4.78. The zero-order chi connectivity index (χ0) is 11.3. The highest BCUT2D eigenvalue weighted by molar-refractivity contribution is 5.24. The molecule has 0 spiro atoms. The Balaban J connectivity index is 2.63. The van der Waals surface area contributed by atoms with E-state index in [1.807, 2.05) is 26.0 Å². The molecule has 0 aliphatic carbocycles. The Morgan fingerprint density at radius 1 is 1.20 bits per heavy atom. The van der Waals surface area contributed by atoms with Crippen LogP contribution in [0.4, 0.5) is 0 Å². The Morgan fingerprint density at radius 2 is 1.80 bits per heavy atom. The Labute approximate surface area is 91.9 Å². The molecule has 1 aromatic carbocycles. The van der Waals surface area contributed by atoms with Crippen molar-refractivity contribution in [3.8, 4) is 0 Å². The minimum atomic E-state index is -0.360. The third-order valence-corrected chi connectivity index (χ3v) is 2.55. The predicted octanol–water partition coefficient (Wildman–Crippen LogP) is 2.56. The van der Waals surface area contributed by atoms with Crippen LogP contribution >= 0.6 is 0 Å². The van der Waals surface area contributed by atoms with Gasteiger partial charge in [0, 0.05) is 7.11 Å². The third-order valence-electron chi connectivity index (χ3n) is 2.55. The molecule has 1 unspecified atom stereocenters. The van der Waals surface area contributed by atoms with E-state index in [1.54, 1.807) is 7.11 Å². The second-order valence-corrected chi connectivity index (χ2v) is 4.17. The van der Waals surface area contributed by atoms with Gasteiger partial charge in [0.2, 0.25) is 0 Å². The highest BCUT2D eigenvalue weighted by Crippen LogP contribution is 2.21. The molecule has 1 atom stereocenters. The van der Waals surface area contributed by atoms with Crippen LogP contribution in [0.1, 0.15) is 31.1 Å². The average molecular weight is 208 g/mol. The smallest absolute Gasteiger partial charge is 0.0812 e. The van der Waals surface area contributed by atoms with Crippen molar-refractivity contribution in [2.75, 3.05) is 13.7 Å². The first-order valence-corrected chi connectivity index (χ1v) is 5.41. The van der Waals surface area contributed by atoms with Crippen LogP contribution in [-0.2, 0) is 11.2 Å². The largest absolute Gasteiger partial charge is 0.388 e. The van der Waals surface area contributed by atoms with Crippen LogP contribution in [0.2, 0.25) is 0 Å². The number of rotatable bonds is 5. The molecular weight excluding hydrogens is 188 g/mol. The van der Waals surface area contributed by atoms with Gasteiger partial charge in [0.05, 0.1) is 12.7 Å². The molecule has 0 aliphatic heterocycles. The van der Waals surface area contributed by atoms with Gasteiger partial charge >= 0.3 is 0 Å². The second kappa shape index (κ2) is 5.89. The van der Waals surface area contributed by atoms with Gasteiger partial charge in [0.25, 0.3) is 0 Å². The first kappa shape index (κ1) is 12.2.